The largest absolute Gasteiger partial charge is 0.361 e. The molecule has 2 amide bonds. The van der Waals surface area contributed by atoms with Crippen LogP contribution in [0, 0.1) is 13.8 Å². The molecule has 1 fully saturated rings. The van der Waals surface area contributed by atoms with Gasteiger partial charge in [-0.1, -0.05) is 11.2 Å². The Hall–Kier alpha value is -1.82. The topological polar surface area (TPSA) is 70.4 Å². The summed E-state index contributed by atoms with van der Waals surface area (Å²) in [5.74, 6) is 0.825. The molecule has 1 aromatic heterocycles. The Morgan fingerprint density at radius 2 is 2.17 bits per heavy atom. The zero-order valence-electron chi connectivity index (χ0n) is 14.4. The minimum atomic E-state index is -0.0913. The second-order valence-electron chi connectivity index (χ2n) is 6.39. The minimum absolute atomic E-state index is 0.0349. The van der Waals surface area contributed by atoms with Crippen molar-refractivity contribution in [2.24, 2.45) is 0 Å². The summed E-state index contributed by atoms with van der Waals surface area (Å²) in [7, 11) is 0. The van der Waals surface area contributed by atoms with E-state index in [0.717, 1.165) is 55.9 Å². The van der Waals surface area contributed by atoms with E-state index in [1.807, 2.05) is 26.8 Å². The normalized spacial score (nSPS) is 17.7. The number of urea groups is 1. The lowest BCUT2D eigenvalue weighted by Crippen LogP contribution is -2.49. The maximum atomic E-state index is 12.1. The standard InChI is InChI=1S/C17H28N4O2/c1-5-8-21-9-6-15(7-10-21)19-17(22)18-12(2)11-16-13(3)20-23-14(16)4/h5,12,15H,1,6-11H2,2-4H3,(H2,18,19,22)/t12-/m0/s1. The predicted octanol–water partition coefficient (Wildman–Crippen LogP) is 2.17. The fourth-order valence-electron chi connectivity index (χ4n) is 3.04. The number of carbonyl (C=O) groups is 1. The van der Waals surface area contributed by atoms with Crippen molar-refractivity contribution >= 4 is 6.03 Å². The summed E-state index contributed by atoms with van der Waals surface area (Å²) in [5, 5.41) is 10.0. The van der Waals surface area contributed by atoms with Gasteiger partial charge in [0.1, 0.15) is 5.76 Å². The first-order valence-corrected chi connectivity index (χ1v) is 8.31. The number of likely N-dealkylation sites (tertiary alicyclic amines) is 1. The van der Waals surface area contributed by atoms with Crippen LogP contribution < -0.4 is 10.6 Å². The first-order valence-electron chi connectivity index (χ1n) is 8.31. The van der Waals surface area contributed by atoms with Crippen molar-refractivity contribution in [1.82, 2.24) is 20.7 Å². The van der Waals surface area contributed by atoms with Gasteiger partial charge in [-0.15, -0.1) is 6.58 Å². The molecule has 1 saturated heterocycles. The zero-order chi connectivity index (χ0) is 16.8. The Balaban J connectivity index is 1.73. The van der Waals surface area contributed by atoms with Crippen molar-refractivity contribution in [3.8, 4) is 0 Å². The number of hydrogen-bond donors (Lipinski definition) is 2. The van der Waals surface area contributed by atoms with Crippen LogP contribution in [0.2, 0.25) is 0 Å². The van der Waals surface area contributed by atoms with E-state index in [0.29, 0.717) is 0 Å². The maximum Gasteiger partial charge on any atom is 0.315 e. The van der Waals surface area contributed by atoms with E-state index in [9.17, 15) is 4.79 Å². The summed E-state index contributed by atoms with van der Waals surface area (Å²) in [6.45, 7) is 12.5. The van der Waals surface area contributed by atoms with Crippen molar-refractivity contribution in [2.45, 2.75) is 52.1 Å². The number of amides is 2. The molecule has 0 radical (unpaired) electrons. The fourth-order valence-corrected chi connectivity index (χ4v) is 3.04. The van der Waals surface area contributed by atoms with Gasteiger partial charge in [0.05, 0.1) is 5.69 Å². The predicted molar refractivity (Wildman–Crippen MR) is 90.5 cm³/mol. The summed E-state index contributed by atoms with van der Waals surface area (Å²) in [5.41, 5.74) is 1.97. The van der Waals surface area contributed by atoms with Gasteiger partial charge in [0.2, 0.25) is 0 Å². The molecule has 0 aliphatic carbocycles. The third-order valence-electron chi connectivity index (χ3n) is 4.38. The van der Waals surface area contributed by atoms with E-state index < -0.39 is 0 Å². The van der Waals surface area contributed by atoms with E-state index >= 15 is 0 Å². The number of nitrogens with zero attached hydrogens (tertiary/aromatic N) is 2. The van der Waals surface area contributed by atoms with Crippen LogP contribution in [0.5, 0.6) is 0 Å². The highest BCUT2D eigenvalue weighted by atomic mass is 16.5. The third-order valence-corrected chi connectivity index (χ3v) is 4.38. The van der Waals surface area contributed by atoms with Crippen molar-refractivity contribution in [2.75, 3.05) is 19.6 Å². The summed E-state index contributed by atoms with van der Waals surface area (Å²) >= 11 is 0. The number of hydrogen-bond acceptors (Lipinski definition) is 4. The molecule has 0 unspecified atom stereocenters. The van der Waals surface area contributed by atoms with Gasteiger partial charge in [-0.05, 0) is 40.0 Å². The molecule has 23 heavy (non-hydrogen) atoms. The lowest BCUT2D eigenvalue weighted by molar-refractivity contribution is 0.202. The SMILES string of the molecule is C=CCN1CCC(NC(=O)N[C@@H](C)Cc2c(C)noc2C)CC1. The summed E-state index contributed by atoms with van der Waals surface area (Å²) in [6.07, 6.45) is 4.63. The molecule has 0 spiro atoms. The molecule has 6 heteroatoms. The number of aromatic nitrogens is 1. The van der Waals surface area contributed by atoms with E-state index in [2.05, 4.69) is 27.3 Å². The molecule has 2 N–H and O–H groups in total. The lowest BCUT2D eigenvalue weighted by atomic mass is 10.0. The average molecular weight is 320 g/mol. The summed E-state index contributed by atoms with van der Waals surface area (Å²) in [4.78, 5) is 14.5. The van der Waals surface area contributed by atoms with Gasteiger partial charge in [-0.3, -0.25) is 4.90 Å². The van der Waals surface area contributed by atoms with Gasteiger partial charge in [0, 0.05) is 37.3 Å². The molecule has 1 aromatic rings. The number of nitrogens with one attached hydrogen (secondary N) is 2. The van der Waals surface area contributed by atoms with Crippen LogP contribution in [-0.2, 0) is 6.42 Å². The molecule has 1 aliphatic heterocycles. The second kappa shape index (κ2) is 8.15. The Labute approximate surface area is 138 Å². The van der Waals surface area contributed by atoms with Crippen molar-refractivity contribution in [3.05, 3.63) is 29.7 Å². The first kappa shape index (κ1) is 17.5. The van der Waals surface area contributed by atoms with Crippen LogP contribution in [0.15, 0.2) is 17.2 Å². The van der Waals surface area contributed by atoms with E-state index in [-0.39, 0.29) is 18.1 Å². The van der Waals surface area contributed by atoms with E-state index in [1.54, 1.807) is 0 Å². The van der Waals surface area contributed by atoms with E-state index in [4.69, 9.17) is 4.52 Å². The molecule has 0 bridgehead atoms. The summed E-state index contributed by atoms with van der Waals surface area (Å²) < 4.78 is 5.16. The molecule has 128 valence electrons. The number of rotatable bonds is 6. The number of carbonyl (C=O) groups excluding carboxylic acids is 1. The Morgan fingerprint density at radius 3 is 2.74 bits per heavy atom. The van der Waals surface area contributed by atoms with Gasteiger partial charge in [-0.25, -0.2) is 4.79 Å². The Kier molecular flexibility index (Phi) is 6.21. The van der Waals surface area contributed by atoms with Crippen molar-refractivity contribution < 1.29 is 9.32 Å². The van der Waals surface area contributed by atoms with Gasteiger partial charge in [0.25, 0.3) is 0 Å². The fraction of sp³-hybridized carbons (Fsp3) is 0.647. The van der Waals surface area contributed by atoms with Crippen LogP contribution in [0.1, 0.15) is 36.8 Å². The Morgan fingerprint density at radius 1 is 1.48 bits per heavy atom. The molecule has 0 aromatic carbocycles. The highest BCUT2D eigenvalue weighted by Crippen LogP contribution is 2.14. The molecule has 6 nitrogen and oxygen atoms in total. The van der Waals surface area contributed by atoms with Gasteiger partial charge in [0.15, 0.2) is 0 Å². The van der Waals surface area contributed by atoms with Gasteiger partial charge in [-0.2, -0.15) is 0 Å². The summed E-state index contributed by atoms with van der Waals surface area (Å²) in [6, 6.07) is 0.196. The average Bonchev–Trinajstić information content (AvgIpc) is 2.81. The van der Waals surface area contributed by atoms with Crippen molar-refractivity contribution in [1.29, 1.82) is 0 Å². The molecule has 1 aliphatic rings. The van der Waals surface area contributed by atoms with Crippen LogP contribution >= 0.6 is 0 Å². The smallest absolute Gasteiger partial charge is 0.315 e. The molecule has 0 saturated carbocycles. The van der Waals surface area contributed by atoms with Gasteiger partial charge < -0.3 is 15.2 Å². The molecule has 1 atom stereocenters. The Bertz CT molecular complexity index is 513. The van der Waals surface area contributed by atoms with Crippen LogP contribution in [0.3, 0.4) is 0 Å². The zero-order valence-corrected chi connectivity index (χ0v) is 14.4. The quantitative estimate of drug-likeness (QED) is 0.788. The van der Waals surface area contributed by atoms with Crippen LogP contribution in [0.4, 0.5) is 4.79 Å². The highest BCUT2D eigenvalue weighted by molar-refractivity contribution is 5.74. The highest BCUT2D eigenvalue weighted by Gasteiger charge is 2.21. The molecule has 2 rings (SSSR count). The van der Waals surface area contributed by atoms with Crippen LogP contribution in [0.25, 0.3) is 0 Å². The molecular weight excluding hydrogens is 292 g/mol. The minimum Gasteiger partial charge on any atom is -0.361 e. The van der Waals surface area contributed by atoms with Crippen molar-refractivity contribution in [3.63, 3.8) is 0 Å². The molecular formula is C17H28N4O2. The third kappa shape index (κ3) is 5.10. The lowest BCUT2D eigenvalue weighted by Gasteiger charge is -2.31. The number of aryl methyl sites for hydroxylation is 2. The molecule has 2 heterocycles. The number of piperidine rings is 1. The van der Waals surface area contributed by atoms with E-state index in [1.165, 1.54) is 0 Å². The van der Waals surface area contributed by atoms with Gasteiger partial charge >= 0.3 is 6.03 Å². The maximum absolute atomic E-state index is 12.1. The first-order chi connectivity index (χ1) is 11.0. The monoisotopic (exact) mass is 320 g/mol. The van der Waals surface area contributed by atoms with Crippen LogP contribution in [-0.4, -0.2) is 47.8 Å². The second-order valence-corrected chi connectivity index (χ2v) is 6.39.